The molecule has 1 saturated heterocycles. The van der Waals surface area contributed by atoms with Gasteiger partial charge in [-0.3, -0.25) is 0 Å². The molecule has 1 heterocycles. The minimum atomic E-state index is 0.771. The highest BCUT2D eigenvalue weighted by Crippen LogP contribution is 2.23. The van der Waals surface area contributed by atoms with E-state index in [1.807, 2.05) is 0 Å². The average Bonchev–Trinajstić information content (AvgIpc) is 2.62. The maximum Gasteiger partial charge on any atom is 0.00200 e. The van der Waals surface area contributed by atoms with Gasteiger partial charge in [-0.15, -0.1) is 0 Å². The van der Waals surface area contributed by atoms with Crippen molar-refractivity contribution in [1.82, 2.24) is 4.90 Å². The number of rotatable bonds is 6. The van der Waals surface area contributed by atoms with Crippen LogP contribution in [0.3, 0.4) is 0 Å². The number of hydrogen-bond donors (Lipinski definition) is 1. The van der Waals surface area contributed by atoms with Crippen LogP contribution in [0, 0.1) is 17.8 Å². The Morgan fingerprint density at radius 2 is 2.13 bits per heavy atom. The summed E-state index contributed by atoms with van der Waals surface area (Å²) in [6.45, 7) is 10.9. The van der Waals surface area contributed by atoms with E-state index in [0.717, 1.165) is 23.5 Å². The van der Waals surface area contributed by atoms with Gasteiger partial charge in [-0.05, 0) is 42.9 Å². The molecule has 0 spiro atoms. The summed E-state index contributed by atoms with van der Waals surface area (Å²) >= 11 is 4.46. The fourth-order valence-corrected chi connectivity index (χ4v) is 3.07. The quantitative estimate of drug-likeness (QED) is 0.684. The molecule has 1 nitrogen and oxygen atoms in total. The van der Waals surface area contributed by atoms with Gasteiger partial charge in [-0.25, -0.2) is 0 Å². The molecule has 0 amide bonds. The predicted molar refractivity (Wildman–Crippen MR) is 71.6 cm³/mol. The molecule has 2 unspecified atom stereocenters. The Morgan fingerprint density at radius 1 is 1.40 bits per heavy atom. The number of nitrogens with zero attached hydrogens (tertiary/aromatic N) is 1. The molecule has 0 aliphatic carbocycles. The van der Waals surface area contributed by atoms with Crippen LogP contribution >= 0.6 is 12.6 Å². The van der Waals surface area contributed by atoms with Gasteiger partial charge < -0.3 is 4.90 Å². The lowest BCUT2D eigenvalue weighted by atomic mass is 9.97. The number of thiol groups is 1. The molecule has 1 aliphatic rings. The van der Waals surface area contributed by atoms with Crippen LogP contribution < -0.4 is 0 Å². The molecular formula is C13H27NS. The Labute approximate surface area is 101 Å². The van der Waals surface area contributed by atoms with Crippen LogP contribution in [-0.4, -0.2) is 30.3 Å². The Morgan fingerprint density at radius 3 is 2.67 bits per heavy atom. The van der Waals surface area contributed by atoms with E-state index in [1.165, 1.54) is 38.9 Å². The van der Waals surface area contributed by atoms with E-state index in [4.69, 9.17) is 0 Å². The van der Waals surface area contributed by atoms with Gasteiger partial charge in [0.1, 0.15) is 0 Å². The third-order valence-electron chi connectivity index (χ3n) is 3.74. The average molecular weight is 229 g/mol. The van der Waals surface area contributed by atoms with E-state index >= 15 is 0 Å². The first-order valence-electron chi connectivity index (χ1n) is 6.50. The summed E-state index contributed by atoms with van der Waals surface area (Å²) in [4.78, 5) is 2.65. The van der Waals surface area contributed by atoms with E-state index in [2.05, 4.69) is 38.3 Å². The van der Waals surface area contributed by atoms with E-state index in [9.17, 15) is 0 Å². The van der Waals surface area contributed by atoms with Crippen molar-refractivity contribution in [2.75, 3.05) is 25.4 Å². The monoisotopic (exact) mass is 229 g/mol. The molecule has 0 N–H and O–H groups in total. The zero-order valence-corrected chi connectivity index (χ0v) is 11.5. The molecule has 0 radical (unpaired) electrons. The molecule has 15 heavy (non-hydrogen) atoms. The molecule has 1 fully saturated rings. The van der Waals surface area contributed by atoms with Crippen molar-refractivity contribution in [3.8, 4) is 0 Å². The second-order valence-corrected chi connectivity index (χ2v) is 5.75. The van der Waals surface area contributed by atoms with Gasteiger partial charge in [-0.2, -0.15) is 12.6 Å². The second kappa shape index (κ2) is 6.80. The van der Waals surface area contributed by atoms with Crippen molar-refractivity contribution in [3.05, 3.63) is 0 Å². The van der Waals surface area contributed by atoms with E-state index in [-0.39, 0.29) is 0 Å². The fraction of sp³-hybridized carbons (Fsp3) is 1.00. The van der Waals surface area contributed by atoms with Gasteiger partial charge in [0.25, 0.3) is 0 Å². The van der Waals surface area contributed by atoms with Crippen LogP contribution in [0.1, 0.15) is 40.0 Å². The Kier molecular flexibility index (Phi) is 6.06. The van der Waals surface area contributed by atoms with Gasteiger partial charge >= 0.3 is 0 Å². The highest BCUT2D eigenvalue weighted by Gasteiger charge is 2.24. The van der Waals surface area contributed by atoms with Gasteiger partial charge in [0.2, 0.25) is 0 Å². The lowest BCUT2D eigenvalue weighted by molar-refractivity contribution is 0.245. The standard InChI is InChI=1S/C13H27NS/c1-4-5-12-6-7-14(8-12)9-13(10-15)11(2)3/h11-13,15H,4-10H2,1-3H3. The maximum absolute atomic E-state index is 4.46. The third-order valence-corrected chi connectivity index (χ3v) is 4.21. The molecule has 2 atom stereocenters. The minimum absolute atomic E-state index is 0.771. The van der Waals surface area contributed by atoms with Crippen LogP contribution in [-0.2, 0) is 0 Å². The van der Waals surface area contributed by atoms with Crippen LogP contribution in [0.5, 0.6) is 0 Å². The minimum Gasteiger partial charge on any atom is -0.303 e. The molecule has 90 valence electrons. The fourth-order valence-electron chi connectivity index (χ4n) is 2.53. The Bertz CT molecular complexity index is 170. The molecule has 1 rings (SSSR count). The van der Waals surface area contributed by atoms with E-state index in [1.54, 1.807) is 0 Å². The lowest BCUT2D eigenvalue weighted by Gasteiger charge is -2.25. The Hall–Kier alpha value is 0.310. The zero-order valence-electron chi connectivity index (χ0n) is 10.6. The van der Waals surface area contributed by atoms with Crippen molar-refractivity contribution in [3.63, 3.8) is 0 Å². The summed E-state index contributed by atoms with van der Waals surface area (Å²) in [6, 6.07) is 0. The normalized spacial score (nSPS) is 25.0. The van der Waals surface area contributed by atoms with Crippen molar-refractivity contribution in [2.45, 2.75) is 40.0 Å². The van der Waals surface area contributed by atoms with Crippen LogP contribution in [0.15, 0.2) is 0 Å². The van der Waals surface area contributed by atoms with Crippen LogP contribution in [0.2, 0.25) is 0 Å². The summed E-state index contributed by atoms with van der Waals surface area (Å²) in [7, 11) is 0. The zero-order chi connectivity index (χ0) is 11.3. The van der Waals surface area contributed by atoms with Crippen molar-refractivity contribution < 1.29 is 0 Å². The van der Waals surface area contributed by atoms with Gasteiger partial charge in [-0.1, -0.05) is 27.2 Å². The first kappa shape index (κ1) is 13.4. The predicted octanol–water partition coefficient (Wildman–Crippen LogP) is 3.31. The van der Waals surface area contributed by atoms with Crippen molar-refractivity contribution in [2.24, 2.45) is 17.8 Å². The third kappa shape index (κ3) is 4.36. The summed E-state index contributed by atoms with van der Waals surface area (Å²) in [5.41, 5.74) is 0. The topological polar surface area (TPSA) is 3.24 Å². The number of hydrogen-bond acceptors (Lipinski definition) is 2. The van der Waals surface area contributed by atoms with Crippen molar-refractivity contribution >= 4 is 12.6 Å². The molecule has 1 aliphatic heterocycles. The molecule has 2 heteroatoms. The summed E-state index contributed by atoms with van der Waals surface area (Å²) in [5, 5.41) is 0. The highest BCUT2D eigenvalue weighted by atomic mass is 32.1. The highest BCUT2D eigenvalue weighted by molar-refractivity contribution is 7.80. The molecule has 0 bridgehead atoms. The molecular weight excluding hydrogens is 202 g/mol. The first-order valence-corrected chi connectivity index (χ1v) is 7.13. The largest absolute Gasteiger partial charge is 0.303 e. The van der Waals surface area contributed by atoms with Gasteiger partial charge in [0.05, 0.1) is 0 Å². The van der Waals surface area contributed by atoms with Gasteiger partial charge in [0.15, 0.2) is 0 Å². The number of likely N-dealkylation sites (tertiary alicyclic amines) is 1. The molecule has 0 aromatic heterocycles. The second-order valence-electron chi connectivity index (χ2n) is 5.39. The van der Waals surface area contributed by atoms with Crippen LogP contribution in [0.4, 0.5) is 0 Å². The lowest BCUT2D eigenvalue weighted by Crippen LogP contribution is -2.31. The van der Waals surface area contributed by atoms with Crippen LogP contribution in [0.25, 0.3) is 0 Å². The Balaban J connectivity index is 2.28. The smallest absolute Gasteiger partial charge is 0.00200 e. The first-order chi connectivity index (χ1) is 7.17. The maximum atomic E-state index is 4.46. The molecule has 0 aromatic carbocycles. The van der Waals surface area contributed by atoms with Crippen molar-refractivity contribution in [1.29, 1.82) is 0 Å². The van der Waals surface area contributed by atoms with E-state index < -0.39 is 0 Å². The molecule has 0 aromatic rings. The van der Waals surface area contributed by atoms with Gasteiger partial charge in [0, 0.05) is 13.1 Å². The SMILES string of the molecule is CCCC1CCN(CC(CS)C(C)C)C1. The summed E-state index contributed by atoms with van der Waals surface area (Å²) < 4.78 is 0. The molecule has 0 saturated carbocycles. The van der Waals surface area contributed by atoms with E-state index in [0.29, 0.717) is 0 Å². The summed E-state index contributed by atoms with van der Waals surface area (Å²) in [6.07, 6.45) is 4.19. The summed E-state index contributed by atoms with van der Waals surface area (Å²) in [5.74, 6) is 3.55.